The summed E-state index contributed by atoms with van der Waals surface area (Å²) in [5.74, 6) is 0. The molecule has 3 rings (SSSR count). The van der Waals surface area contributed by atoms with E-state index in [1.165, 1.54) is 6.08 Å². The second kappa shape index (κ2) is 11.9. The highest BCUT2D eigenvalue weighted by Crippen LogP contribution is 2.25. The Balaban J connectivity index is 1.83. The van der Waals surface area contributed by atoms with Gasteiger partial charge in [0.1, 0.15) is 24.4 Å². The van der Waals surface area contributed by atoms with Gasteiger partial charge in [0.15, 0.2) is 4.91 Å². The molecule has 0 spiro atoms. The lowest BCUT2D eigenvalue weighted by molar-refractivity contribution is -0.158. The van der Waals surface area contributed by atoms with Crippen molar-refractivity contribution in [1.29, 1.82) is 5.26 Å². The molecular weight excluding hydrogens is 470 g/mol. The van der Waals surface area contributed by atoms with Crippen LogP contribution in [-0.4, -0.2) is 74.4 Å². The molecule has 1 aliphatic rings. The number of allylic oxidation sites excluding steroid dienone is 1. The van der Waals surface area contributed by atoms with Gasteiger partial charge in [-0.15, -0.1) is 0 Å². The molecule has 0 radical (unpaired) electrons. The fourth-order valence-corrected chi connectivity index (χ4v) is 5.32. The van der Waals surface area contributed by atoms with Gasteiger partial charge in [0, 0.05) is 18.8 Å². The number of fused-ring (bicyclic) bond motifs is 1. The second-order valence-corrected chi connectivity index (χ2v) is 10.3. The molecule has 35 heavy (non-hydrogen) atoms. The Morgan fingerprint density at radius 3 is 2.43 bits per heavy atom. The molecule has 4 N–H and O–H groups in total. The van der Waals surface area contributed by atoms with E-state index in [2.05, 4.69) is 29.5 Å². The van der Waals surface area contributed by atoms with Gasteiger partial charge in [-0.25, -0.2) is 13.1 Å². The molecule has 9 nitrogen and oxygen atoms in total. The van der Waals surface area contributed by atoms with Crippen LogP contribution in [0.1, 0.15) is 32.3 Å². The summed E-state index contributed by atoms with van der Waals surface area (Å²) in [4.78, 5) is 1.80. The van der Waals surface area contributed by atoms with E-state index in [0.29, 0.717) is 5.56 Å². The lowest BCUT2D eigenvalue weighted by Crippen LogP contribution is -2.59. The van der Waals surface area contributed by atoms with E-state index in [1.54, 1.807) is 12.1 Å². The van der Waals surface area contributed by atoms with Crippen LogP contribution >= 0.6 is 0 Å². The first-order chi connectivity index (χ1) is 16.7. The Morgan fingerprint density at radius 2 is 1.80 bits per heavy atom. The lowest BCUT2D eigenvalue weighted by Gasteiger charge is -2.36. The Hall–Kier alpha value is -2.52. The van der Waals surface area contributed by atoms with Gasteiger partial charge in [0.2, 0.25) is 0 Å². The van der Waals surface area contributed by atoms with Crippen molar-refractivity contribution in [3.8, 4) is 6.07 Å². The molecule has 0 saturated carbocycles. The average molecular weight is 504 g/mol. The van der Waals surface area contributed by atoms with Crippen molar-refractivity contribution in [2.45, 2.75) is 51.0 Å². The summed E-state index contributed by atoms with van der Waals surface area (Å²) in [6.07, 6.45) is -0.610. The molecule has 1 heterocycles. The van der Waals surface area contributed by atoms with Crippen LogP contribution in [0.5, 0.6) is 0 Å². The van der Waals surface area contributed by atoms with E-state index in [1.807, 2.05) is 24.3 Å². The predicted octanol–water partition coefficient (Wildman–Crippen LogP) is 1.73. The van der Waals surface area contributed by atoms with Crippen LogP contribution in [0.3, 0.4) is 0 Å². The highest BCUT2D eigenvalue weighted by atomic mass is 32.2. The Kier molecular flexibility index (Phi) is 9.24. The highest BCUT2D eigenvalue weighted by Gasteiger charge is 2.40. The predicted molar refractivity (Wildman–Crippen MR) is 135 cm³/mol. The number of sulfonamides is 1. The van der Waals surface area contributed by atoms with Crippen molar-refractivity contribution >= 4 is 32.6 Å². The van der Waals surface area contributed by atoms with Crippen LogP contribution in [0, 0.1) is 11.3 Å². The molecule has 4 atom stereocenters. The fourth-order valence-electron chi connectivity index (χ4n) is 4.18. The SMILES string of the molecule is CCCN(CCC)c1ccc2cc(/C=C(\C#N)S(=O)(=O)N[C@H]3CO[C@H](CO)[C@@H](O)[C@@H]3O)ccc2c1. The minimum absolute atomic E-state index is 0.257. The van der Waals surface area contributed by atoms with Gasteiger partial charge in [-0.05, 0) is 53.5 Å². The smallest absolute Gasteiger partial charge is 0.251 e. The number of benzene rings is 2. The first kappa shape index (κ1) is 27.1. The first-order valence-corrected chi connectivity index (χ1v) is 13.2. The van der Waals surface area contributed by atoms with Crippen molar-refractivity contribution < 1.29 is 28.5 Å². The van der Waals surface area contributed by atoms with Crippen LogP contribution in [0.4, 0.5) is 5.69 Å². The quantitative estimate of drug-likeness (QED) is 0.359. The van der Waals surface area contributed by atoms with Crippen LogP contribution in [-0.2, 0) is 14.8 Å². The largest absolute Gasteiger partial charge is 0.394 e. The summed E-state index contributed by atoms with van der Waals surface area (Å²) in [6, 6.07) is 12.1. The van der Waals surface area contributed by atoms with Crippen molar-refractivity contribution in [2.75, 3.05) is 31.2 Å². The molecule has 2 aromatic carbocycles. The maximum absolute atomic E-state index is 12.8. The molecule has 0 unspecified atom stereocenters. The minimum atomic E-state index is -4.30. The lowest BCUT2D eigenvalue weighted by atomic mass is 9.99. The van der Waals surface area contributed by atoms with Crippen LogP contribution in [0.15, 0.2) is 41.3 Å². The monoisotopic (exact) mass is 503 g/mol. The van der Waals surface area contributed by atoms with E-state index in [0.717, 1.165) is 42.4 Å². The number of hydrogen-bond acceptors (Lipinski definition) is 8. The molecule has 10 heteroatoms. The molecule has 0 bridgehead atoms. The number of ether oxygens (including phenoxy) is 1. The number of aliphatic hydroxyl groups is 3. The van der Waals surface area contributed by atoms with Gasteiger partial charge in [-0.1, -0.05) is 32.0 Å². The van der Waals surface area contributed by atoms with E-state index < -0.39 is 45.9 Å². The molecule has 1 aliphatic heterocycles. The number of aliphatic hydroxyl groups excluding tert-OH is 3. The number of nitrogens with zero attached hydrogens (tertiary/aromatic N) is 2. The number of hydrogen-bond donors (Lipinski definition) is 4. The second-order valence-electron chi connectivity index (χ2n) is 8.66. The third-order valence-corrected chi connectivity index (χ3v) is 7.42. The Bertz CT molecular complexity index is 1190. The first-order valence-electron chi connectivity index (χ1n) is 11.8. The third-order valence-electron chi connectivity index (χ3n) is 6.02. The van der Waals surface area contributed by atoms with Gasteiger partial charge in [-0.3, -0.25) is 0 Å². The summed E-state index contributed by atoms with van der Waals surface area (Å²) in [5.41, 5.74) is 1.67. The maximum atomic E-state index is 12.8. The molecule has 190 valence electrons. The molecule has 0 amide bonds. The van der Waals surface area contributed by atoms with Gasteiger partial charge >= 0.3 is 0 Å². The molecule has 1 saturated heterocycles. The Labute approximate surface area is 206 Å². The number of rotatable bonds is 10. The summed E-state index contributed by atoms with van der Waals surface area (Å²) in [7, 11) is -4.30. The molecular formula is C25H33N3O6S. The normalized spacial score (nSPS) is 23.3. The molecule has 0 aromatic heterocycles. The Morgan fingerprint density at radius 1 is 1.14 bits per heavy atom. The topological polar surface area (TPSA) is 143 Å². The summed E-state index contributed by atoms with van der Waals surface area (Å²) < 4.78 is 33.1. The zero-order chi connectivity index (χ0) is 25.6. The van der Waals surface area contributed by atoms with Gasteiger partial charge < -0.3 is 25.0 Å². The van der Waals surface area contributed by atoms with E-state index >= 15 is 0 Å². The zero-order valence-electron chi connectivity index (χ0n) is 20.0. The van der Waals surface area contributed by atoms with Crippen molar-refractivity contribution in [3.05, 3.63) is 46.9 Å². The standard InChI is InChI=1S/C25H33N3O6S/c1-3-9-28(10-4-2)20-8-7-18-11-17(5-6-19(18)13-20)12-21(14-26)35(32,33)27-22-16-34-23(15-29)25(31)24(22)30/h5-8,11-13,22-25,27,29-31H,3-4,9-10,15-16H2,1-2H3/b21-12+/t22-,23+,24+,25+/m0/s1. The number of nitriles is 1. The van der Waals surface area contributed by atoms with Crippen molar-refractivity contribution in [3.63, 3.8) is 0 Å². The summed E-state index contributed by atoms with van der Waals surface area (Å²) >= 11 is 0. The summed E-state index contributed by atoms with van der Waals surface area (Å²) in [6.45, 7) is 5.46. The van der Waals surface area contributed by atoms with Crippen LogP contribution in [0.2, 0.25) is 0 Å². The van der Waals surface area contributed by atoms with Gasteiger partial charge in [-0.2, -0.15) is 5.26 Å². The summed E-state index contributed by atoms with van der Waals surface area (Å²) in [5, 5.41) is 40.8. The fraction of sp³-hybridized carbons (Fsp3) is 0.480. The minimum Gasteiger partial charge on any atom is -0.394 e. The maximum Gasteiger partial charge on any atom is 0.251 e. The van der Waals surface area contributed by atoms with E-state index in [4.69, 9.17) is 9.84 Å². The van der Waals surface area contributed by atoms with Crippen molar-refractivity contribution in [1.82, 2.24) is 4.72 Å². The number of anilines is 1. The average Bonchev–Trinajstić information content (AvgIpc) is 2.84. The molecule has 2 aromatic rings. The highest BCUT2D eigenvalue weighted by molar-refractivity contribution is 7.93. The van der Waals surface area contributed by atoms with Gasteiger partial charge in [0.25, 0.3) is 10.0 Å². The van der Waals surface area contributed by atoms with Crippen LogP contribution in [0.25, 0.3) is 16.8 Å². The van der Waals surface area contributed by atoms with E-state index in [9.17, 15) is 23.9 Å². The van der Waals surface area contributed by atoms with Gasteiger partial charge in [0.05, 0.1) is 19.3 Å². The third kappa shape index (κ3) is 6.38. The van der Waals surface area contributed by atoms with Crippen molar-refractivity contribution in [2.24, 2.45) is 0 Å². The zero-order valence-corrected chi connectivity index (χ0v) is 20.8. The molecule has 1 fully saturated rings. The van der Waals surface area contributed by atoms with E-state index in [-0.39, 0.29) is 6.61 Å². The van der Waals surface area contributed by atoms with Crippen LogP contribution < -0.4 is 9.62 Å². The molecule has 0 aliphatic carbocycles. The number of nitrogens with one attached hydrogen (secondary N) is 1.